The average Bonchev–Trinajstić information content (AvgIpc) is 2.92. The van der Waals surface area contributed by atoms with Gasteiger partial charge in [-0.25, -0.2) is 0 Å². The van der Waals surface area contributed by atoms with Crippen LogP contribution in [0, 0.1) is 0 Å². The number of hydrogen-bond donors (Lipinski definition) is 3. The Labute approximate surface area is 237 Å². The van der Waals surface area contributed by atoms with Gasteiger partial charge in [-0.3, -0.25) is 14.6 Å². The number of amides is 1. The van der Waals surface area contributed by atoms with Crippen LogP contribution in [0.2, 0.25) is 10.0 Å². The summed E-state index contributed by atoms with van der Waals surface area (Å²) in [6, 6.07) is 19.6. The minimum atomic E-state index is -4.63. The Hall–Kier alpha value is -4.08. The number of benzene rings is 3. The van der Waals surface area contributed by atoms with Crippen LogP contribution < -0.4 is 10.6 Å². The zero-order valence-corrected chi connectivity index (χ0v) is 22.2. The molecule has 0 spiro atoms. The molecule has 4 rings (SSSR count). The van der Waals surface area contributed by atoms with Crippen molar-refractivity contribution >= 4 is 40.8 Å². The summed E-state index contributed by atoms with van der Waals surface area (Å²) in [7, 11) is 0. The quantitative estimate of drug-likeness (QED) is 0.188. The first-order valence-corrected chi connectivity index (χ1v) is 12.7. The Kier molecular flexibility index (Phi) is 8.96. The number of pyridine rings is 1. The minimum Gasteiger partial charge on any atom is -0.481 e. The molecule has 11 heteroatoms. The predicted molar refractivity (Wildman–Crippen MR) is 148 cm³/mol. The number of nitrogens with zero attached hydrogens (tertiary/aromatic N) is 1. The number of carbonyl (C=O) groups excluding carboxylic acids is 1. The second-order valence-electron chi connectivity index (χ2n) is 8.75. The van der Waals surface area contributed by atoms with Crippen molar-refractivity contribution in [2.75, 3.05) is 11.9 Å². The molecular weight excluding hydrogens is 566 g/mol. The lowest BCUT2D eigenvalue weighted by atomic mass is 9.97. The van der Waals surface area contributed by atoms with Crippen molar-refractivity contribution in [2.45, 2.75) is 19.1 Å². The Balaban J connectivity index is 1.57. The number of hydrogen-bond acceptors (Lipinski definition) is 4. The van der Waals surface area contributed by atoms with Gasteiger partial charge in [0, 0.05) is 40.6 Å². The van der Waals surface area contributed by atoms with Gasteiger partial charge in [-0.2, -0.15) is 13.2 Å². The fourth-order valence-corrected chi connectivity index (χ4v) is 4.32. The van der Waals surface area contributed by atoms with Crippen LogP contribution in [0.4, 0.5) is 18.9 Å². The number of halogens is 5. The molecule has 206 valence electrons. The highest BCUT2D eigenvalue weighted by Gasteiger charge is 2.32. The fraction of sp³-hybridized carbons (Fsp3) is 0.138. The Morgan fingerprint density at radius 1 is 0.875 bits per heavy atom. The van der Waals surface area contributed by atoms with Crippen molar-refractivity contribution in [1.29, 1.82) is 0 Å². The lowest BCUT2D eigenvalue weighted by Crippen LogP contribution is -2.26. The highest BCUT2D eigenvalue weighted by molar-refractivity contribution is 6.32. The van der Waals surface area contributed by atoms with Gasteiger partial charge in [0.15, 0.2) is 0 Å². The van der Waals surface area contributed by atoms with Crippen LogP contribution in [0.3, 0.4) is 0 Å². The van der Waals surface area contributed by atoms with Gasteiger partial charge in [0.05, 0.1) is 12.0 Å². The molecule has 0 aliphatic heterocycles. The molecule has 0 saturated carbocycles. The van der Waals surface area contributed by atoms with E-state index in [1.807, 2.05) is 36.4 Å². The second-order valence-corrected chi connectivity index (χ2v) is 9.60. The third kappa shape index (κ3) is 7.31. The molecule has 4 aromatic rings. The summed E-state index contributed by atoms with van der Waals surface area (Å²) in [6.45, 7) is 0.0291. The van der Waals surface area contributed by atoms with Crippen LogP contribution in [0.15, 0.2) is 79.0 Å². The van der Waals surface area contributed by atoms with Gasteiger partial charge in [0.1, 0.15) is 5.69 Å². The summed E-state index contributed by atoms with van der Waals surface area (Å²) in [4.78, 5) is 26.9. The molecule has 1 aromatic heterocycles. The lowest BCUT2D eigenvalue weighted by molar-refractivity contribution is -0.138. The van der Waals surface area contributed by atoms with E-state index in [1.165, 1.54) is 18.3 Å². The van der Waals surface area contributed by atoms with Crippen molar-refractivity contribution < 1.29 is 27.9 Å². The van der Waals surface area contributed by atoms with E-state index in [2.05, 4.69) is 15.6 Å². The smallest absolute Gasteiger partial charge is 0.416 e. The molecule has 0 fully saturated rings. The number of nitrogens with one attached hydrogen (secondary N) is 2. The summed E-state index contributed by atoms with van der Waals surface area (Å²) in [5.41, 5.74) is 2.69. The summed E-state index contributed by atoms with van der Waals surface area (Å²) >= 11 is 12.3. The van der Waals surface area contributed by atoms with Crippen LogP contribution in [-0.4, -0.2) is 28.5 Å². The Morgan fingerprint density at radius 2 is 1.50 bits per heavy atom. The topological polar surface area (TPSA) is 91.3 Å². The molecule has 0 bridgehead atoms. The van der Waals surface area contributed by atoms with Gasteiger partial charge in [-0.1, -0.05) is 53.5 Å². The van der Waals surface area contributed by atoms with Crippen LogP contribution >= 0.6 is 23.2 Å². The van der Waals surface area contributed by atoms with Crippen molar-refractivity contribution in [2.24, 2.45) is 0 Å². The molecule has 0 aliphatic carbocycles. The molecule has 0 unspecified atom stereocenters. The Morgan fingerprint density at radius 3 is 2.08 bits per heavy atom. The molecule has 0 aliphatic rings. The Bertz CT molecular complexity index is 1510. The molecule has 1 amide bonds. The molecule has 0 atom stereocenters. The van der Waals surface area contributed by atoms with E-state index in [0.717, 1.165) is 28.9 Å². The molecule has 3 aromatic carbocycles. The molecule has 0 saturated heterocycles. The maximum Gasteiger partial charge on any atom is 0.416 e. The van der Waals surface area contributed by atoms with Crippen molar-refractivity contribution in [1.82, 2.24) is 10.3 Å². The van der Waals surface area contributed by atoms with E-state index in [9.17, 15) is 22.8 Å². The SMILES string of the molecule is O=C(O)CCNC(=O)c1ccc(-c2cc(C(F)(F)F)cc(Cl)c2CNc2ccc(-c3ccc(Cl)cc3)cc2)cn1. The maximum atomic E-state index is 13.6. The zero-order valence-electron chi connectivity index (χ0n) is 20.7. The van der Waals surface area contributed by atoms with Crippen molar-refractivity contribution in [3.8, 4) is 22.3 Å². The molecule has 3 N–H and O–H groups in total. The number of alkyl halides is 3. The summed E-state index contributed by atoms with van der Waals surface area (Å²) < 4.78 is 40.8. The third-order valence-electron chi connectivity index (χ3n) is 5.99. The first-order chi connectivity index (χ1) is 19.0. The zero-order chi connectivity index (χ0) is 28.9. The maximum absolute atomic E-state index is 13.6. The molecule has 40 heavy (non-hydrogen) atoms. The molecule has 0 radical (unpaired) electrons. The van der Waals surface area contributed by atoms with Crippen LogP contribution in [0.25, 0.3) is 22.3 Å². The first-order valence-electron chi connectivity index (χ1n) is 12.0. The van der Waals surface area contributed by atoms with Gasteiger partial charge in [0.2, 0.25) is 0 Å². The van der Waals surface area contributed by atoms with E-state index < -0.39 is 23.6 Å². The standard InChI is InChI=1S/C29H22Cl2F3N3O3/c30-21-6-1-17(2-7-21)18-3-8-22(9-4-18)36-16-24-23(13-20(14-25(24)31)29(32,33)34)19-5-10-26(37-15-19)28(40)35-12-11-27(38)39/h1-10,13-15,36H,11-12,16H2,(H,35,40)(H,38,39). The van der Waals surface area contributed by atoms with Gasteiger partial charge >= 0.3 is 12.1 Å². The largest absolute Gasteiger partial charge is 0.481 e. The van der Waals surface area contributed by atoms with Crippen LogP contribution in [-0.2, 0) is 17.5 Å². The second kappa shape index (κ2) is 12.4. The molecule has 1 heterocycles. The number of carboxylic acid groups (broad SMARTS) is 1. The predicted octanol–water partition coefficient (Wildman–Crippen LogP) is 7.56. The van der Waals surface area contributed by atoms with Gasteiger partial charge in [-0.15, -0.1) is 0 Å². The number of rotatable bonds is 9. The van der Waals surface area contributed by atoms with E-state index in [0.29, 0.717) is 16.1 Å². The number of aliphatic carboxylic acids is 1. The monoisotopic (exact) mass is 587 g/mol. The van der Waals surface area contributed by atoms with Gasteiger partial charge < -0.3 is 15.7 Å². The van der Waals surface area contributed by atoms with E-state index in [-0.39, 0.29) is 35.8 Å². The van der Waals surface area contributed by atoms with Crippen molar-refractivity contribution in [3.05, 3.63) is 106 Å². The molecule has 6 nitrogen and oxygen atoms in total. The number of aromatic nitrogens is 1. The summed E-state index contributed by atoms with van der Waals surface area (Å²) in [6.07, 6.45) is -3.60. The fourth-order valence-electron chi connectivity index (χ4n) is 3.91. The average molecular weight is 588 g/mol. The van der Waals surface area contributed by atoms with Gasteiger partial charge in [0.25, 0.3) is 5.91 Å². The highest BCUT2D eigenvalue weighted by atomic mass is 35.5. The van der Waals surface area contributed by atoms with Crippen LogP contribution in [0.1, 0.15) is 28.0 Å². The summed E-state index contributed by atoms with van der Waals surface area (Å²) in [5.74, 6) is -1.66. The minimum absolute atomic E-state index is 0.00679. The number of anilines is 1. The van der Waals surface area contributed by atoms with Crippen molar-refractivity contribution in [3.63, 3.8) is 0 Å². The number of carbonyl (C=O) groups is 2. The molecular formula is C29H22Cl2F3N3O3. The first kappa shape index (κ1) is 28.9. The van der Waals surface area contributed by atoms with E-state index >= 15 is 0 Å². The summed E-state index contributed by atoms with van der Waals surface area (Å²) in [5, 5.41) is 14.9. The van der Waals surface area contributed by atoms with Gasteiger partial charge in [-0.05, 0) is 64.7 Å². The van der Waals surface area contributed by atoms with E-state index in [4.69, 9.17) is 28.3 Å². The normalized spacial score (nSPS) is 11.2. The lowest BCUT2D eigenvalue weighted by Gasteiger charge is -2.17. The van der Waals surface area contributed by atoms with E-state index in [1.54, 1.807) is 12.1 Å². The number of carboxylic acids is 1. The third-order valence-corrected chi connectivity index (χ3v) is 6.58. The highest BCUT2D eigenvalue weighted by Crippen LogP contribution is 2.38. The van der Waals surface area contributed by atoms with Crippen LogP contribution in [0.5, 0.6) is 0 Å².